The predicted octanol–water partition coefficient (Wildman–Crippen LogP) is 4.86. The molecule has 1 aliphatic carbocycles. The molecule has 0 radical (unpaired) electrons. The zero-order valence-corrected chi connectivity index (χ0v) is 28.6. The molecule has 1 aromatic heterocycles. The molecule has 2 N–H and O–H groups in total. The monoisotopic (exact) mass is 711 g/mol. The number of ether oxygens (including phenoxy) is 1. The second-order valence-corrected chi connectivity index (χ2v) is 15.8. The largest absolute Gasteiger partial charge is 0.481 e. The molecule has 3 fully saturated rings. The van der Waals surface area contributed by atoms with Crippen LogP contribution < -0.4 is 15.1 Å². The van der Waals surface area contributed by atoms with Gasteiger partial charge in [-0.1, -0.05) is 11.6 Å². The van der Waals surface area contributed by atoms with E-state index < -0.39 is 51.5 Å². The Morgan fingerprint density at radius 3 is 2.23 bits per heavy atom. The van der Waals surface area contributed by atoms with Crippen LogP contribution in [0.3, 0.4) is 0 Å². The summed E-state index contributed by atoms with van der Waals surface area (Å²) in [6, 6.07) is 7.90. The van der Waals surface area contributed by atoms with Gasteiger partial charge in [-0.2, -0.15) is 4.31 Å². The van der Waals surface area contributed by atoms with Crippen molar-refractivity contribution in [3.05, 3.63) is 47.1 Å². The number of carboxylic acids is 1. The van der Waals surface area contributed by atoms with Crippen LogP contribution >= 0.6 is 11.6 Å². The first-order valence-electron chi connectivity index (χ1n) is 15.9. The van der Waals surface area contributed by atoms with E-state index in [0.29, 0.717) is 5.69 Å². The van der Waals surface area contributed by atoms with Crippen molar-refractivity contribution in [2.45, 2.75) is 75.3 Å². The van der Waals surface area contributed by atoms with Crippen molar-refractivity contribution in [2.24, 2.45) is 11.8 Å². The summed E-state index contributed by atoms with van der Waals surface area (Å²) in [6.07, 6.45) is -0.00834. The highest BCUT2D eigenvalue weighted by atomic mass is 35.5. The van der Waals surface area contributed by atoms with E-state index in [4.69, 9.17) is 16.3 Å². The Labute approximate surface area is 283 Å². The van der Waals surface area contributed by atoms with Crippen molar-refractivity contribution < 1.29 is 41.4 Å². The van der Waals surface area contributed by atoms with E-state index in [1.807, 2.05) is 0 Å². The van der Waals surface area contributed by atoms with Crippen LogP contribution in [0.25, 0.3) is 0 Å². The molecule has 5 rings (SSSR count). The molecule has 12 nitrogen and oxygen atoms in total. The van der Waals surface area contributed by atoms with Crippen LogP contribution in [0.2, 0.25) is 5.15 Å². The third kappa shape index (κ3) is 8.00. The Morgan fingerprint density at radius 1 is 1.02 bits per heavy atom. The van der Waals surface area contributed by atoms with Gasteiger partial charge in [0.1, 0.15) is 16.6 Å². The number of nitrogens with zero attached hydrogens (tertiary/aromatic N) is 4. The van der Waals surface area contributed by atoms with Gasteiger partial charge < -0.3 is 25.0 Å². The second-order valence-electron chi connectivity index (χ2n) is 13.5. The molecule has 2 amide bonds. The minimum absolute atomic E-state index is 0.0372. The number of aliphatic carboxylic acids is 1. The SMILES string of the molecule is CC(C)(C)OC(=O)N[C@@H]1CC(=O)N(c2ccc(S(=O)(=O)N3CCN(c4cc(C(F)(F)C5CCC(C(=O)O)CC5)cc(Cl)n4)CC3)cc2)C1. The zero-order valence-electron chi connectivity index (χ0n) is 27.0. The average molecular weight is 712 g/mol. The number of hydrogen-bond donors (Lipinski definition) is 2. The maximum Gasteiger partial charge on any atom is 0.407 e. The van der Waals surface area contributed by atoms with Crippen LogP contribution in [0.5, 0.6) is 0 Å². The summed E-state index contributed by atoms with van der Waals surface area (Å²) in [7, 11) is -3.91. The number of benzene rings is 1. The van der Waals surface area contributed by atoms with E-state index >= 15 is 8.78 Å². The Balaban J connectivity index is 1.20. The molecule has 3 heterocycles. The number of alkyl carbamates (subject to hydrolysis) is 1. The van der Waals surface area contributed by atoms with Crippen molar-refractivity contribution >= 4 is 51.1 Å². The Bertz CT molecular complexity index is 1640. The van der Waals surface area contributed by atoms with E-state index in [2.05, 4.69) is 10.3 Å². The summed E-state index contributed by atoms with van der Waals surface area (Å²) >= 11 is 6.18. The number of halogens is 3. The van der Waals surface area contributed by atoms with Gasteiger partial charge in [-0.25, -0.2) is 27.0 Å². The quantitative estimate of drug-likeness (QED) is 0.366. The third-order valence-electron chi connectivity index (χ3n) is 8.95. The summed E-state index contributed by atoms with van der Waals surface area (Å²) in [4.78, 5) is 43.5. The number of sulfonamides is 1. The van der Waals surface area contributed by atoms with Gasteiger partial charge >= 0.3 is 12.1 Å². The number of nitrogens with one attached hydrogen (secondary N) is 1. The molecule has 16 heteroatoms. The number of pyridine rings is 1. The number of rotatable bonds is 8. The number of carbonyl (C=O) groups is 3. The third-order valence-corrected chi connectivity index (χ3v) is 11.1. The van der Waals surface area contributed by atoms with Gasteiger partial charge in [0.25, 0.3) is 5.92 Å². The maximum absolute atomic E-state index is 15.6. The number of carboxylic acid groups (broad SMARTS) is 1. The molecule has 0 spiro atoms. The molecule has 48 heavy (non-hydrogen) atoms. The number of piperazine rings is 1. The number of carbonyl (C=O) groups excluding carboxylic acids is 2. The number of anilines is 2. The molecule has 262 valence electrons. The Morgan fingerprint density at radius 2 is 1.65 bits per heavy atom. The first-order chi connectivity index (χ1) is 22.4. The van der Waals surface area contributed by atoms with Crippen molar-refractivity contribution in [3.63, 3.8) is 0 Å². The molecular weight excluding hydrogens is 672 g/mol. The minimum atomic E-state index is -3.91. The van der Waals surface area contributed by atoms with Crippen LogP contribution in [0, 0.1) is 11.8 Å². The van der Waals surface area contributed by atoms with Gasteiger partial charge in [-0.15, -0.1) is 0 Å². The fourth-order valence-electron chi connectivity index (χ4n) is 6.41. The number of hydrogen-bond acceptors (Lipinski definition) is 8. The number of aromatic nitrogens is 1. The first kappa shape index (κ1) is 35.7. The fraction of sp³-hybridized carbons (Fsp3) is 0.562. The van der Waals surface area contributed by atoms with E-state index in [9.17, 15) is 27.9 Å². The van der Waals surface area contributed by atoms with Gasteiger partial charge in [0.05, 0.1) is 16.9 Å². The average Bonchev–Trinajstić information content (AvgIpc) is 3.39. The van der Waals surface area contributed by atoms with E-state index in [0.717, 1.165) is 6.07 Å². The Hall–Kier alpha value is -3.56. The molecular formula is C32H40ClF2N5O7S. The van der Waals surface area contributed by atoms with E-state index in [1.54, 1.807) is 37.8 Å². The second kappa shape index (κ2) is 13.7. The molecule has 0 bridgehead atoms. The number of amides is 2. The lowest BCUT2D eigenvalue weighted by Crippen LogP contribution is -2.49. The summed E-state index contributed by atoms with van der Waals surface area (Å²) in [6.45, 7) is 5.96. The molecule has 2 saturated heterocycles. The molecule has 2 aliphatic heterocycles. The number of alkyl halides is 2. The summed E-state index contributed by atoms with van der Waals surface area (Å²) < 4.78 is 64.7. The first-order valence-corrected chi connectivity index (χ1v) is 17.7. The lowest BCUT2D eigenvalue weighted by atomic mass is 9.77. The smallest absolute Gasteiger partial charge is 0.407 e. The van der Waals surface area contributed by atoms with Crippen LogP contribution in [0.1, 0.15) is 58.4 Å². The summed E-state index contributed by atoms with van der Waals surface area (Å²) in [5.41, 5.74) is -0.485. The lowest BCUT2D eigenvalue weighted by Gasteiger charge is -2.36. The fourth-order valence-corrected chi connectivity index (χ4v) is 8.04. The molecule has 1 saturated carbocycles. The Kier molecular flexibility index (Phi) is 10.2. The van der Waals surface area contributed by atoms with E-state index in [-0.39, 0.29) is 92.2 Å². The molecule has 1 atom stereocenters. The van der Waals surface area contributed by atoms with Crippen LogP contribution in [-0.4, -0.2) is 85.1 Å². The highest BCUT2D eigenvalue weighted by Gasteiger charge is 2.44. The summed E-state index contributed by atoms with van der Waals surface area (Å²) in [5.74, 6) is -5.84. The summed E-state index contributed by atoms with van der Waals surface area (Å²) in [5, 5.41) is 11.8. The molecule has 1 aromatic carbocycles. The maximum atomic E-state index is 15.6. The van der Waals surface area contributed by atoms with Gasteiger partial charge in [0.2, 0.25) is 15.9 Å². The topological polar surface area (TPSA) is 149 Å². The van der Waals surface area contributed by atoms with Crippen molar-refractivity contribution in [2.75, 3.05) is 42.5 Å². The molecule has 0 unspecified atom stereocenters. The van der Waals surface area contributed by atoms with Crippen molar-refractivity contribution in [1.29, 1.82) is 0 Å². The highest BCUT2D eigenvalue weighted by Crippen LogP contribution is 2.46. The minimum Gasteiger partial charge on any atom is -0.481 e. The van der Waals surface area contributed by atoms with Gasteiger partial charge in [-0.05, 0) is 82.9 Å². The van der Waals surface area contributed by atoms with Crippen molar-refractivity contribution in [3.8, 4) is 0 Å². The van der Waals surface area contributed by atoms with Gasteiger partial charge in [0.15, 0.2) is 0 Å². The normalized spacial score (nSPS) is 22.9. The molecule has 3 aliphatic rings. The van der Waals surface area contributed by atoms with Crippen LogP contribution in [0.15, 0.2) is 41.3 Å². The zero-order chi connectivity index (χ0) is 35.0. The highest BCUT2D eigenvalue weighted by molar-refractivity contribution is 7.89. The van der Waals surface area contributed by atoms with Crippen LogP contribution in [0.4, 0.5) is 25.1 Å². The van der Waals surface area contributed by atoms with E-state index in [1.165, 1.54) is 27.4 Å². The standard InChI is InChI=1S/C32H40ClF2N5O7S/c1-31(2,3)47-30(44)36-23-18-28(41)40(19-23)24-8-10-25(11-9-24)48(45,46)39-14-12-38(13-15-39)27-17-22(16-26(33)37-27)32(34,35)21-6-4-20(5-7-21)29(42)43/h8-11,16-17,20-21,23H,4-7,12-15,18-19H2,1-3H3,(H,36,44)(H,42,43)/t20?,21?,23-/m1/s1. The van der Waals surface area contributed by atoms with Gasteiger partial charge in [-0.3, -0.25) is 9.59 Å². The predicted molar refractivity (Wildman–Crippen MR) is 174 cm³/mol. The van der Waals surface area contributed by atoms with Crippen LogP contribution in [-0.2, 0) is 30.3 Å². The lowest BCUT2D eigenvalue weighted by molar-refractivity contribution is -0.145. The van der Waals surface area contributed by atoms with Gasteiger partial charge in [0, 0.05) is 56.3 Å². The molecule has 2 aromatic rings. The van der Waals surface area contributed by atoms with Crippen molar-refractivity contribution in [1.82, 2.24) is 14.6 Å².